The zero-order valence-electron chi connectivity index (χ0n) is 35.4. The molecule has 0 N–H and O–H groups in total. The first-order valence-corrected chi connectivity index (χ1v) is 22.6. The smallest absolute Gasteiger partial charge is 0.0540 e. The first-order valence-electron chi connectivity index (χ1n) is 21.8. The molecule has 1 aromatic heterocycles. The summed E-state index contributed by atoms with van der Waals surface area (Å²) in [4.78, 5) is 2.49. The van der Waals surface area contributed by atoms with Crippen LogP contribution < -0.4 is 4.90 Å². The Labute approximate surface area is 368 Å². The average molecular weight is 812 g/mol. The zero-order chi connectivity index (χ0) is 41.7. The molecule has 0 aliphatic heterocycles. The highest BCUT2D eigenvalue weighted by molar-refractivity contribution is 7.26. The van der Waals surface area contributed by atoms with Crippen molar-refractivity contribution in [3.63, 3.8) is 0 Å². The maximum atomic E-state index is 2.49. The van der Waals surface area contributed by atoms with E-state index < -0.39 is 0 Å². The number of anilines is 3. The summed E-state index contributed by atoms with van der Waals surface area (Å²) < 4.78 is 2.64. The van der Waals surface area contributed by atoms with Crippen molar-refractivity contribution in [3.8, 4) is 55.6 Å². The third-order valence-electron chi connectivity index (χ3n) is 13.9. The van der Waals surface area contributed by atoms with Crippen LogP contribution in [0.2, 0.25) is 0 Å². The minimum atomic E-state index is -0.0988. The van der Waals surface area contributed by atoms with Gasteiger partial charge in [-0.15, -0.1) is 11.3 Å². The molecule has 12 rings (SSSR count). The molecule has 2 heteroatoms. The number of hydrogen-bond donors (Lipinski definition) is 0. The van der Waals surface area contributed by atoms with Gasteiger partial charge in [-0.3, -0.25) is 0 Å². The fourth-order valence-electron chi connectivity index (χ4n) is 10.8. The van der Waals surface area contributed by atoms with E-state index in [1.165, 1.54) is 98.1 Å². The zero-order valence-corrected chi connectivity index (χ0v) is 36.2. The number of thiophene rings is 1. The SMILES string of the molecule is CC1(C)c2ccccc2-c2cc(-c3cccc(N(c4cccc(-c5cccc6c5sc5ccccc56)c4)c4ccccc4-c4cccc5c4-c4ccccc4C5(C)C)c3)ccc21. The first-order chi connectivity index (χ1) is 30.3. The molecule has 2 aliphatic rings. The van der Waals surface area contributed by atoms with E-state index in [4.69, 9.17) is 0 Å². The third-order valence-corrected chi connectivity index (χ3v) is 15.1. The summed E-state index contributed by atoms with van der Waals surface area (Å²) in [6.07, 6.45) is 0. The highest BCUT2D eigenvalue weighted by Crippen LogP contribution is 2.55. The van der Waals surface area contributed by atoms with Crippen molar-refractivity contribution in [2.45, 2.75) is 38.5 Å². The van der Waals surface area contributed by atoms with Crippen molar-refractivity contribution in [1.82, 2.24) is 0 Å². The number of benzene rings is 9. The van der Waals surface area contributed by atoms with Gasteiger partial charge in [-0.2, -0.15) is 0 Å². The monoisotopic (exact) mass is 811 g/mol. The summed E-state index contributed by atoms with van der Waals surface area (Å²) >= 11 is 1.89. The molecular weight excluding hydrogens is 767 g/mol. The van der Waals surface area contributed by atoms with E-state index in [-0.39, 0.29) is 10.8 Å². The van der Waals surface area contributed by atoms with Crippen LogP contribution >= 0.6 is 11.3 Å². The summed E-state index contributed by atoms with van der Waals surface area (Å²) in [7, 11) is 0. The van der Waals surface area contributed by atoms with Crippen LogP contribution in [-0.2, 0) is 10.8 Å². The summed E-state index contributed by atoms with van der Waals surface area (Å²) in [5.41, 5.74) is 21.4. The van der Waals surface area contributed by atoms with Crippen LogP contribution in [0.15, 0.2) is 200 Å². The van der Waals surface area contributed by atoms with E-state index in [0.717, 1.165) is 17.1 Å². The largest absolute Gasteiger partial charge is 0.310 e. The molecule has 0 spiro atoms. The molecule has 0 atom stereocenters. The molecule has 1 heterocycles. The minimum Gasteiger partial charge on any atom is -0.310 e. The lowest BCUT2D eigenvalue weighted by Gasteiger charge is -2.29. The predicted molar refractivity (Wildman–Crippen MR) is 265 cm³/mol. The van der Waals surface area contributed by atoms with Crippen LogP contribution in [0.5, 0.6) is 0 Å². The minimum absolute atomic E-state index is 0.0364. The van der Waals surface area contributed by atoms with Crippen LogP contribution in [0.4, 0.5) is 17.1 Å². The van der Waals surface area contributed by atoms with Gasteiger partial charge in [-0.1, -0.05) is 185 Å². The van der Waals surface area contributed by atoms with Gasteiger partial charge in [0.25, 0.3) is 0 Å². The lowest BCUT2D eigenvalue weighted by molar-refractivity contribution is 0.660. The summed E-state index contributed by atoms with van der Waals surface area (Å²) in [6.45, 7) is 9.44. The summed E-state index contributed by atoms with van der Waals surface area (Å²) in [6, 6.07) is 74.8. The average Bonchev–Trinajstić information content (AvgIpc) is 3.89. The van der Waals surface area contributed by atoms with Gasteiger partial charge in [-0.05, 0) is 115 Å². The van der Waals surface area contributed by atoms with Gasteiger partial charge in [0.15, 0.2) is 0 Å². The lowest BCUT2D eigenvalue weighted by Crippen LogP contribution is -2.15. The van der Waals surface area contributed by atoms with Crippen LogP contribution in [0, 0.1) is 0 Å². The van der Waals surface area contributed by atoms with Crippen LogP contribution in [0.3, 0.4) is 0 Å². The molecule has 0 amide bonds. The molecule has 0 bridgehead atoms. The standard InChI is InChI=1S/C60H45NS/c1-59(2)51-28-9-5-21-44(51)50-37-39(33-34-53(50)59)38-17-13-19-41(35-38)61(42-20-14-18-40(36-42)43-25-15-27-48-46-23-8-12-32-56(46)62-58(43)48)55-31-11-7-22-45(55)47-26-16-30-54-57(47)49-24-6-10-29-52(49)60(54,3)4/h5-37H,1-4H3. The van der Waals surface area contributed by atoms with Gasteiger partial charge in [0, 0.05) is 47.9 Å². The van der Waals surface area contributed by atoms with Crippen molar-refractivity contribution in [3.05, 3.63) is 222 Å². The summed E-state index contributed by atoms with van der Waals surface area (Å²) in [5.74, 6) is 0. The molecule has 0 radical (unpaired) electrons. The topological polar surface area (TPSA) is 3.24 Å². The molecule has 0 saturated heterocycles. The van der Waals surface area contributed by atoms with Gasteiger partial charge in [0.05, 0.1) is 5.69 Å². The Morgan fingerprint density at radius 3 is 1.71 bits per heavy atom. The third kappa shape index (κ3) is 5.46. The summed E-state index contributed by atoms with van der Waals surface area (Å²) in [5, 5.41) is 2.63. The number of hydrogen-bond acceptors (Lipinski definition) is 2. The number of fused-ring (bicyclic) bond motifs is 9. The molecule has 9 aromatic carbocycles. The maximum absolute atomic E-state index is 2.49. The van der Waals surface area contributed by atoms with Gasteiger partial charge in [-0.25, -0.2) is 0 Å². The van der Waals surface area contributed by atoms with Crippen molar-refractivity contribution in [2.75, 3.05) is 4.90 Å². The van der Waals surface area contributed by atoms with Gasteiger partial charge in [0.2, 0.25) is 0 Å². The predicted octanol–water partition coefficient (Wildman–Crippen LogP) is 17.1. The first kappa shape index (κ1) is 36.8. The van der Waals surface area contributed by atoms with E-state index in [0.29, 0.717) is 0 Å². The Kier molecular flexibility index (Phi) is 8.17. The van der Waals surface area contributed by atoms with Gasteiger partial charge >= 0.3 is 0 Å². The van der Waals surface area contributed by atoms with Crippen LogP contribution in [-0.4, -0.2) is 0 Å². The molecule has 0 saturated carbocycles. The number of para-hydroxylation sites is 1. The van der Waals surface area contributed by atoms with Crippen molar-refractivity contribution in [1.29, 1.82) is 0 Å². The molecule has 0 unspecified atom stereocenters. The maximum Gasteiger partial charge on any atom is 0.0540 e. The normalized spacial score (nSPS) is 14.1. The van der Waals surface area contributed by atoms with E-state index in [1.807, 2.05) is 11.3 Å². The van der Waals surface area contributed by atoms with Gasteiger partial charge in [0.1, 0.15) is 0 Å². The number of nitrogens with zero attached hydrogens (tertiary/aromatic N) is 1. The Hall–Kier alpha value is -7.00. The van der Waals surface area contributed by atoms with Crippen LogP contribution in [0.25, 0.3) is 75.8 Å². The second-order valence-electron chi connectivity index (χ2n) is 18.1. The van der Waals surface area contributed by atoms with Gasteiger partial charge < -0.3 is 4.90 Å². The lowest BCUT2D eigenvalue weighted by atomic mass is 9.82. The Balaban J connectivity index is 1.06. The Morgan fingerprint density at radius 2 is 0.887 bits per heavy atom. The van der Waals surface area contributed by atoms with Crippen molar-refractivity contribution < 1.29 is 0 Å². The second-order valence-corrected chi connectivity index (χ2v) is 19.1. The molecule has 0 fully saturated rings. The quantitative estimate of drug-likeness (QED) is 0.162. The Bertz CT molecular complexity index is 3430. The van der Waals surface area contributed by atoms with E-state index >= 15 is 0 Å². The van der Waals surface area contributed by atoms with Crippen molar-refractivity contribution >= 4 is 48.6 Å². The van der Waals surface area contributed by atoms with Crippen molar-refractivity contribution in [2.24, 2.45) is 0 Å². The van der Waals surface area contributed by atoms with E-state index in [2.05, 4.69) is 233 Å². The van der Waals surface area contributed by atoms with E-state index in [9.17, 15) is 0 Å². The molecule has 296 valence electrons. The highest BCUT2D eigenvalue weighted by Gasteiger charge is 2.38. The Morgan fingerprint density at radius 1 is 0.355 bits per heavy atom. The fraction of sp³-hybridized carbons (Fsp3) is 0.100. The molecular formula is C60H45NS. The molecule has 62 heavy (non-hydrogen) atoms. The number of rotatable bonds is 6. The second kappa shape index (κ2) is 13.8. The fourth-order valence-corrected chi connectivity index (χ4v) is 12.1. The van der Waals surface area contributed by atoms with E-state index in [1.54, 1.807) is 0 Å². The van der Waals surface area contributed by atoms with Crippen LogP contribution in [0.1, 0.15) is 49.9 Å². The molecule has 2 aliphatic carbocycles. The highest BCUT2D eigenvalue weighted by atomic mass is 32.1. The molecule has 10 aromatic rings. The molecule has 1 nitrogen and oxygen atoms in total.